The zero-order valence-electron chi connectivity index (χ0n) is 14.9. The number of amides is 1. The van der Waals surface area contributed by atoms with E-state index in [1.54, 1.807) is 6.92 Å². The van der Waals surface area contributed by atoms with Gasteiger partial charge >= 0.3 is 0 Å². The van der Waals surface area contributed by atoms with Crippen molar-refractivity contribution in [3.63, 3.8) is 0 Å². The van der Waals surface area contributed by atoms with Gasteiger partial charge in [-0.15, -0.1) is 0 Å². The van der Waals surface area contributed by atoms with Crippen molar-refractivity contribution in [1.29, 1.82) is 0 Å². The minimum Gasteiger partial charge on any atom is -0.267 e. The van der Waals surface area contributed by atoms with Crippen molar-refractivity contribution in [3.8, 4) is 0 Å². The Morgan fingerprint density at radius 2 is 1.63 bits per heavy atom. The zero-order valence-corrected chi connectivity index (χ0v) is 15.7. The lowest BCUT2D eigenvalue weighted by atomic mass is 10.0. The molecule has 6 nitrogen and oxygen atoms in total. The number of nitrogens with one attached hydrogen (secondary N) is 2. The molecular formula is C20H19N3O3S. The third-order valence-electron chi connectivity index (χ3n) is 4.17. The molecule has 0 saturated carbocycles. The summed E-state index contributed by atoms with van der Waals surface area (Å²) in [4.78, 5) is 12.3. The van der Waals surface area contributed by atoms with Crippen LogP contribution in [0.1, 0.15) is 22.8 Å². The molecule has 0 heterocycles. The monoisotopic (exact) mass is 381 g/mol. The lowest BCUT2D eigenvalue weighted by Gasteiger charge is -2.06. The van der Waals surface area contributed by atoms with E-state index >= 15 is 0 Å². The van der Waals surface area contributed by atoms with Gasteiger partial charge in [-0.2, -0.15) is 5.10 Å². The first-order valence-electron chi connectivity index (χ1n) is 8.28. The van der Waals surface area contributed by atoms with E-state index in [4.69, 9.17) is 0 Å². The van der Waals surface area contributed by atoms with Crippen molar-refractivity contribution in [2.24, 2.45) is 5.10 Å². The van der Waals surface area contributed by atoms with E-state index in [1.807, 2.05) is 42.5 Å². The van der Waals surface area contributed by atoms with Gasteiger partial charge in [-0.05, 0) is 54.6 Å². The van der Waals surface area contributed by atoms with Gasteiger partial charge in [-0.3, -0.25) is 4.79 Å². The molecule has 0 fully saturated rings. The molecule has 0 radical (unpaired) electrons. The molecule has 3 aromatic carbocycles. The molecule has 27 heavy (non-hydrogen) atoms. The van der Waals surface area contributed by atoms with Crippen LogP contribution in [0.25, 0.3) is 10.8 Å². The Bertz CT molecular complexity index is 1140. The quantitative estimate of drug-likeness (QED) is 0.526. The summed E-state index contributed by atoms with van der Waals surface area (Å²) in [6.45, 7) is 1.80. The maximum absolute atomic E-state index is 12.3. The first-order valence-corrected chi connectivity index (χ1v) is 9.76. The van der Waals surface area contributed by atoms with E-state index in [0.717, 1.165) is 16.3 Å². The summed E-state index contributed by atoms with van der Waals surface area (Å²) in [5.41, 5.74) is 4.22. The normalized spacial score (nSPS) is 12.1. The van der Waals surface area contributed by atoms with E-state index < -0.39 is 15.9 Å². The predicted molar refractivity (Wildman–Crippen MR) is 106 cm³/mol. The molecule has 7 heteroatoms. The van der Waals surface area contributed by atoms with Crippen molar-refractivity contribution in [1.82, 2.24) is 10.1 Å². The third-order valence-corrected chi connectivity index (χ3v) is 5.58. The summed E-state index contributed by atoms with van der Waals surface area (Å²) in [6, 6.07) is 19.7. The number of benzene rings is 3. The van der Waals surface area contributed by atoms with E-state index in [-0.39, 0.29) is 10.5 Å². The van der Waals surface area contributed by atoms with Gasteiger partial charge in [0.1, 0.15) is 0 Å². The number of fused-ring (bicyclic) bond motifs is 1. The number of rotatable bonds is 5. The molecular weight excluding hydrogens is 362 g/mol. The summed E-state index contributed by atoms with van der Waals surface area (Å²) in [7, 11) is -2.30. The second-order valence-electron chi connectivity index (χ2n) is 5.94. The fraction of sp³-hybridized carbons (Fsp3) is 0.100. The van der Waals surface area contributed by atoms with Gasteiger partial charge in [0.2, 0.25) is 10.0 Å². The van der Waals surface area contributed by atoms with Gasteiger partial charge in [0.15, 0.2) is 0 Å². The number of hydrazone groups is 1. The lowest BCUT2D eigenvalue weighted by molar-refractivity contribution is 0.0954. The van der Waals surface area contributed by atoms with Crippen LogP contribution in [0.2, 0.25) is 0 Å². The Labute approximate surface area is 158 Å². The molecule has 2 N–H and O–H groups in total. The summed E-state index contributed by atoms with van der Waals surface area (Å²) in [5, 5.41) is 6.35. The average Bonchev–Trinajstić information content (AvgIpc) is 2.71. The highest BCUT2D eigenvalue weighted by atomic mass is 32.2. The fourth-order valence-electron chi connectivity index (χ4n) is 2.60. The van der Waals surface area contributed by atoms with Gasteiger partial charge in [0.05, 0.1) is 10.6 Å². The van der Waals surface area contributed by atoms with Crippen molar-refractivity contribution < 1.29 is 13.2 Å². The van der Waals surface area contributed by atoms with Crippen LogP contribution in [-0.4, -0.2) is 27.1 Å². The highest BCUT2D eigenvalue weighted by molar-refractivity contribution is 7.89. The topological polar surface area (TPSA) is 87.6 Å². The highest BCUT2D eigenvalue weighted by Crippen LogP contribution is 2.16. The van der Waals surface area contributed by atoms with Crippen LogP contribution in [0.4, 0.5) is 0 Å². The van der Waals surface area contributed by atoms with Crippen molar-refractivity contribution in [2.45, 2.75) is 11.8 Å². The molecule has 3 aromatic rings. The van der Waals surface area contributed by atoms with E-state index in [1.165, 1.54) is 31.3 Å². The van der Waals surface area contributed by atoms with E-state index in [9.17, 15) is 13.2 Å². The summed E-state index contributed by atoms with van der Waals surface area (Å²) >= 11 is 0. The van der Waals surface area contributed by atoms with Crippen molar-refractivity contribution >= 4 is 32.4 Å². The number of carbonyl (C=O) groups is 1. The minimum atomic E-state index is -3.62. The molecule has 0 aromatic heterocycles. The second-order valence-corrected chi connectivity index (χ2v) is 7.82. The Hall–Kier alpha value is -3.03. The molecule has 0 unspecified atom stereocenters. The van der Waals surface area contributed by atoms with E-state index in [2.05, 4.69) is 15.2 Å². The zero-order chi connectivity index (χ0) is 19.4. The molecule has 0 aliphatic carbocycles. The maximum Gasteiger partial charge on any atom is 0.271 e. The molecule has 0 spiro atoms. The minimum absolute atomic E-state index is 0.0212. The van der Waals surface area contributed by atoms with Crippen LogP contribution in [-0.2, 0) is 10.0 Å². The maximum atomic E-state index is 12.3. The first-order chi connectivity index (χ1) is 12.9. The molecule has 0 atom stereocenters. The van der Waals surface area contributed by atoms with Crippen LogP contribution in [0, 0.1) is 0 Å². The lowest BCUT2D eigenvalue weighted by Crippen LogP contribution is -2.21. The second kappa shape index (κ2) is 7.69. The third kappa shape index (κ3) is 4.21. The average molecular weight is 381 g/mol. The van der Waals surface area contributed by atoms with Crippen molar-refractivity contribution in [2.75, 3.05) is 7.05 Å². The molecule has 0 bridgehead atoms. The van der Waals surface area contributed by atoms with Crippen LogP contribution >= 0.6 is 0 Å². The van der Waals surface area contributed by atoms with Gasteiger partial charge in [0.25, 0.3) is 5.91 Å². The fourth-order valence-corrected chi connectivity index (χ4v) is 3.38. The number of carbonyl (C=O) groups excluding carboxylic acids is 1. The molecule has 0 aliphatic heterocycles. The van der Waals surface area contributed by atoms with E-state index in [0.29, 0.717) is 5.71 Å². The molecule has 0 saturated heterocycles. The molecule has 1 amide bonds. The van der Waals surface area contributed by atoms with Crippen LogP contribution in [0.5, 0.6) is 0 Å². The summed E-state index contributed by atoms with van der Waals surface area (Å²) in [6.07, 6.45) is 0. The number of hydrogen-bond donors (Lipinski definition) is 2. The highest BCUT2D eigenvalue weighted by Gasteiger charge is 2.14. The summed E-state index contributed by atoms with van der Waals surface area (Å²) in [5.74, 6) is -0.483. The Balaban J connectivity index is 1.80. The predicted octanol–water partition coefficient (Wildman–Crippen LogP) is 2.90. The largest absolute Gasteiger partial charge is 0.271 e. The molecule has 3 rings (SSSR count). The van der Waals surface area contributed by atoms with Gasteiger partial charge in [0, 0.05) is 5.56 Å². The number of nitrogens with zero attached hydrogens (tertiary/aromatic N) is 1. The molecule has 138 valence electrons. The number of hydrogen-bond acceptors (Lipinski definition) is 4. The standard InChI is InChI=1S/C20H19N3O3S/c1-14(16-11-10-15-6-3-4-7-17(15)12-16)22-23-20(24)18-8-5-9-19(13-18)27(25,26)21-2/h3-13,21H,1-2H3,(H,23,24)/b22-14+. The SMILES string of the molecule is CNS(=O)(=O)c1cccc(C(=O)N/N=C(\C)c2ccc3ccccc3c2)c1. The molecule has 0 aliphatic rings. The van der Waals surface area contributed by atoms with Gasteiger partial charge in [-0.1, -0.05) is 42.5 Å². The van der Waals surface area contributed by atoms with Gasteiger partial charge in [-0.25, -0.2) is 18.6 Å². The van der Waals surface area contributed by atoms with Crippen molar-refractivity contribution in [3.05, 3.63) is 77.9 Å². The summed E-state index contributed by atoms with van der Waals surface area (Å²) < 4.78 is 26.0. The number of sulfonamides is 1. The Morgan fingerprint density at radius 3 is 2.37 bits per heavy atom. The van der Waals surface area contributed by atoms with Crippen LogP contribution < -0.4 is 10.1 Å². The smallest absolute Gasteiger partial charge is 0.267 e. The Morgan fingerprint density at radius 1 is 0.889 bits per heavy atom. The Kier molecular flexibility index (Phi) is 5.34. The van der Waals surface area contributed by atoms with Crippen LogP contribution in [0.15, 0.2) is 76.7 Å². The van der Waals surface area contributed by atoms with Gasteiger partial charge < -0.3 is 0 Å². The first kappa shape index (κ1) is 18.8. The van der Waals surface area contributed by atoms with Crippen LogP contribution in [0.3, 0.4) is 0 Å².